The fraction of sp³-hybridized carbons (Fsp3) is 0.440. The first-order valence-corrected chi connectivity index (χ1v) is 12.5. The normalized spacial score (nSPS) is 18.9. The summed E-state index contributed by atoms with van der Waals surface area (Å²) < 4.78 is 1.49. The number of hydrogen-bond acceptors (Lipinski definition) is 7. The van der Waals surface area contributed by atoms with Crippen LogP contribution in [0.4, 0.5) is 5.82 Å². The van der Waals surface area contributed by atoms with Gasteiger partial charge in [0, 0.05) is 49.2 Å². The summed E-state index contributed by atoms with van der Waals surface area (Å²) in [6.07, 6.45) is 5.72. The minimum Gasteiger partial charge on any atom is -0.478 e. The van der Waals surface area contributed by atoms with E-state index in [1.165, 1.54) is 10.5 Å². The zero-order valence-electron chi connectivity index (χ0n) is 20.0. The van der Waals surface area contributed by atoms with Crippen molar-refractivity contribution in [3.05, 3.63) is 62.0 Å². The van der Waals surface area contributed by atoms with E-state index in [0.717, 1.165) is 35.2 Å². The van der Waals surface area contributed by atoms with Gasteiger partial charge in [0.1, 0.15) is 11.5 Å². The molecule has 0 aromatic carbocycles. The van der Waals surface area contributed by atoms with E-state index in [1.54, 1.807) is 17.5 Å². The molecule has 1 aliphatic rings. The van der Waals surface area contributed by atoms with Crippen LogP contribution in [0.3, 0.4) is 0 Å². The van der Waals surface area contributed by atoms with Crippen molar-refractivity contribution in [1.82, 2.24) is 19.7 Å². The van der Waals surface area contributed by atoms with Crippen LogP contribution in [0.1, 0.15) is 55.4 Å². The number of carboxylic acid groups (broad SMARTS) is 1. The first-order valence-electron chi connectivity index (χ1n) is 11.6. The van der Waals surface area contributed by atoms with Crippen molar-refractivity contribution in [2.24, 2.45) is 0 Å². The Kier molecular flexibility index (Phi) is 7.13. The van der Waals surface area contributed by atoms with Gasteiger partial charge < -0.3 is 15.3 Å². The van der Waals surface area contributed by atoms with E-state index >= 15 is 0 Å². The number of hydrogen-bond donors (Lipinski definition) is 2. The first-order chi connectivity index (χ1) is 16.2. The lowest BCUT2D eigenvalue weighted by molar-refractivity contribution is -0.131. The maximum atomic E-state index is 13.4. The molecule has 3 aromatic heterocycles. The maximum absolute atomic E-state index is 13.4. The predicted molar refractivity (Wildman–Crippen MR) is 136 cm³/mol. The molecule has 8 nitrogen and oxygen atoms in total. The first kappa shape index (κ1) is 24.1. The van der Waals surface area contributed by atoms with Crippen molar-refractivity contribution in [2.45, 2.75) is 58.5 Å². The van der Waals surface area contributed by atoms with E-state index in [2.05, 4.69) is 43.3 Å². The standard InChI is InChI=1S/C25H31N5O3S/c1-15(2)20-14-34-22(27-20)7-5-18-9-10-30-21(11-18)28-24(19(25(30)33)6-8-23(31)32)29-12-16(3)26-17(4)13-29/h6,8-11,14-17,26H,5,7,12-13H2,1-4H3,(H,31,32)/t16-,17+. The molecule has 4 rings (SSSR count). The van der Waals surface area contributed by atoms with Crippen LogP contribution in [0.5, 0.6) is 0 Å². The van der Waals surface area contributed by atoms with Crippen LogP contribution >= 0.6 is 11.3 Å². The Morgan fingerprint density at radius 2 is 2.00 bits per heavy atom. The number of fused-ring (bicyclic) bond motifs is 1. The highest BCUT2D eigenvalue weighted by atomic mass is 32.1. The van der Waals surface area contributed by atoms with Crippen LogP contribution in [0, 0.1) is 0 Å². The van der Waals surface area contributed by atoms with Crippen molar-refractivity contribution in [3.8, 4) is 0 Å². The number of nitrogens with one attached hydrogen (secondary N) is 1. The zero-order valence-corrected chi connectivity index (χ0v) is 20.8. The molecule has 0 amide bonds. The number of carbonyl (C=O) groups is 1. The predicted octanol–water partition coefficient (Wildman–Crippen LogP) is 3.34. The van der Waals surface area contributed by atoms with Crippen molar-refractivity contribution in [2.75, 3.05) is 18.0 Å². The molecular formula is C25H31N5O3S. The number of thiazole rings is 1. The number of pyridine rings is 1. The maximum Gasteiger partial charge on any atom is 0.328 e. The molecule has 0 aliphatic carbocycles. The van der Waals surface area contributed by atoms with E-state index in [4.69, 9.17) is 15.1 Å². The molecule has 0 bridgehead atoms. The summed E-state index contributed by atoms with van der Waals surface area (Å²) >= 11 is 1.68. The van der Waals surface area contributed by atoms with E-state index in [0.29, 0.717) is 30.5 Å². The molecule has 1 aliphatic heterocycles. The Hall–Kier alpha value is -3.04. The quantitative estimate of drug-likeness (QED) is 0.499. The second-order valence-corrected chi connectivity index (χ2v) is 10.2. The summed E-state index contributed by atoms with van der Waals surface area (Å²) in [6, 6.07) is 4.31. The number of nitrogens with zero attached hydrogens (tertiary/aromatic N) is 4. The molecule has 34 heavy (non-hydrogen) atoms. The van der Waals surface area contributed by atoms with Gasteiger partial charge in [-0.15, -0.1) is 11.3 Å². The van der Waals surface area contributed by atoms with E-state index < -0.39 is 5.97 Å². The Morgan fingerprint density at radius 1 is 1.26 bits per heavy atom. The fourth-order valence-electron chi connectivity index (χ4n) is 4.34. The Morgan fingerprint density at radius 3 is 2.65 bits per heavy atom. The molecule has 1 saturated heterocycles. The molecule has 0 radical (unpaired) electrons. The highest BCUT2D eigenvalue weighted by Crippen LogP contribution is 2.22. The molecule has 0 spiro atoms. The molecule has 4 heterocycles. The largest absolute Gasteiger partial charge is 0.478 e. The third-order valence-electron chi connectivity index (χ3n) is 5.95. The number of piperazine rings is 1. The SMILES string of the molecule is CC(C)c1csc(CCc2ccn3c(=O)c(C=CC(=O)O)c(N4C[C@@H](C)N[C@@H](C)C4)nc3c2)n1. The highest BCUT2D eigenvalue weighted by molar-refractivity contribution is 7.09. The number of anilines is 1. The van der Waals surface area contributed by atoms with Crippen molar-refractivity contribution in [3.63, 3.8) is 0 Å². The summed E-state index contributed by atoms with van der Waals surface area (Å²) in [7, 11) is 0. The van der Waals surface area contributed by atoms with Gasteiger partial charge in [-0.3, -0.25) is 9.20 Å². The molecule has 1 fully saturated rings. The van der Waals surface area contributed by atoms with Crippen molar-refractivity contribution >= 4 is 34.8 Å². The van der Waals surface area contributed by atoms with Gasteiger partial charge in [0.2, 0.25) is 0 Å². The number of carboxylic acids is 1. The highest BCUT2D eigenvalue weighted by Gasteiger charge is 2.25. The lowest BCUT2D eigenvalue weighted by Gasteiger charge is -2.37. The third-order valence-corrected chi connectivity index (χ3v) is 6.87. The van der Waals surface area contributed by atoms with Crippen molar-refractivity contribution in [1.29, 1.82) is 0 Å². The molecule has 180 valence electrons. The smallest absolute Gasteiger partial charge is 0.328 e. The Balaban J connectivity index is 1.70. The van der Waals surface area contributed by atoms with E-state index in [-0.39, 0.29) is 23.2 Å². The van der Waals surface area contributed by atoms with Crippen LogP contribution in [0.25, 0.3) is 11.7 Å². The second-order valence-electron chi connectivity index (χ2n) is 9.28. The minimum absolute atomic E-state index is 0.223. The molecule has 9 heteroatoms. The minimum atomic E-state index is -1.10. The molecule has 2 atom stereocenters. The summed E-state index contributed by atoms with van der Waals surface area (Å²) in [5.41, 5.74) is 2.78. The summed E-state index contributed by atoms with van der Waals surface area (Å²) in [5.74, 6) is -0.156. The van der Waals surface area contributed by atoms with Crippen LogP contribution < -0.4 is 15.8 Å². The van der Waals surface area contributed by atoms with Crippen LogP contribution in [0.15, 0.2) is 34.6 Å². The van der Waals surface area contributed by atoms with Crippen LogP contribution in [-0.2, 0) is 17.6 Å². The van der Waals surface area contributed by atoms with Crippen molar-refractivity contribution < 1.29 is 9.90 Å². The third kappa shape index (κ3) is 5.37. The second kappa shape index (κ2) is 10.1. The monoisotopic (exact) mass is 481 g/mol. The summed E-state index contributed by atoms with van der Waals surface area (Å²) in [6.45, 7) is 9.83. The summed E-state index contributed by atoms with van der Waals surface area (Å²) in [5, 5.41) is 15.8. The lowest BCUT2D eigenvalue weighted by atomic mass is 10.1. The molecule has 0 unspecified atom stereocenters. The van der Waals surface area contributed by atoms with Gasteiger partial charge in [-0.05, 0) is 50.0 Å². The molecule has 3 aromatic rings. The van der Waals surface area contributed by atoms with Gasteiger partial charge in [0.25, 0.3) is 5.56 Å². The van der Waals surface area contributed by atoms with Gasteiger partial charge in [-0.25, -0.2) is 14.8 Å². The molecular weight excluding hydrogens is 450 g/mol. The zero-order chi connectivity index (χ0) is 24.4. The Bertz CT molecular complexity index is 1270. The van der Waals surface area contributed by atoms with Gasteiger partial charge in [0.15, 0.2) is 0 Å². The van der Waals surface area contributed by atoms with Gasteiger partial charge in [-0.2, -0.15) is 0 Å². The average molecular weight is 482 g/mol. The fourth-order valence-corrected chi connectivity index (χ4v) is 5.29. The number of aromatic nitrogens is 3. The van der Waals surface area contributed by atoms with Crippen LogP contribution in [0.2, 0.25) is 0 Å². The number of rotatable bonds is 7. The molecule has 2 N–H and O–H groups in total. The number of aliphatic carboxylic acids is 1. The summed E-state index contributed by atoms with van der Waals surface area (Å²) in [4.78, 5) is 36.2. The lowest BCUT2D eigenvalue weighted by Crippen LogP contribution is -2.55. The van der Waals surface area contributed by atoms with Gasteiger partial charge in [0.05, 0.1) is 16.3 Å². The van der Waals surface area contributed by atoms with E-state index in [1.807, 2.05) is 12.1 Å². The average Bonchev–Trinajstić information content (AvgIpc) is 3.25. The van der Waals surface area contributed by atoms with Gasteiger partial charge in [-0.1, -0.05) is 13.8 Å². The number of aryl methyl sites for hydroxylation is 2. The van der Waals surface area contributed by atoms with E-state index in [9.17, 15) is 9.59 Å². The topological polar surface area (TPSA) is 99.8 Å². The molecule has 0 saturated carbocycles. The van der Waals surface area contributed by atoms with Gasteiger partial charge >= 0.3 is 5.97 Å². The Labute approximate surface area is 203 Å². The van der Waals surface area contributed by atoms with Crippen LogP contribution in [-0.4, -0.2) is 50.6 Å².